The highest BCUT2D eigenvalue weighted by Crippen LogP contribution is 2.70. The highest BCUT2D eigenvalue weighted by Gasteiger charge is 2.43. The Kier molecular flexibility index (Phi) is 12.4. The molecule has 0 fully saturated rings. The van der Waals surface area contributed by atoms with Crippen LogP contribution in [0.5, 0.6) is 23.0 Å². The van der Waals surface area contributed by atoms with Gasteiger partial charge in [0.15, 0.2) is 0 Å². The Balaban J connectivity index is 1.77. The summed E-state index contributed by atoms with van der Waals surface area (Å²) in [4.78, 5) is 15.2. The summed E-state index contributed by atoms with van der Waals surface area (Å²) in [6, 6.07) is 29.2. The van der Waals surface area contributed by atoms with E-state index in [1.807, 2.05) is 62.3 Å². The number of rotatable bonds is 13. The molecule has 0 N–H and O–H groups in total. The van der Waals surface area contributed by atoms with Crippen LogP contribution in [-0.4, -0.2) is 43.1 Å². The van der Waals surface area contributed by atoms with Crippen molar-refractivity contribution in [3.63, 3.8) is 0 Å². The first kappa shape index (κ1) is 44.0. The number of nitrogens with zero attached hydrogens (tertiary/aromatic N) is 1. The van der Waals surface area contributed by atoms with E-state index in [0.717, 1.165) is 23.8 Å². The molecule has 0 saturated carbocycles. The van der Waals surface area contributed by atoms with Gasteiger partial charge in [-0.05, 0) is 166 Å². The van der Waals surface area contributed by atoms with Gasteiger partial charge in [-0.2, -0.15) is 12.7 Å². The lowest BCUT2D eigenvalue weighted by molar-refractivity contribution is -0.697. The summed E-state index contributed by atoms with van der Waals surface area (Å²) >= 11 is 0. The molecule has 0 heterocycles. The zero-order chi connectivity index (χ0) is 42.9. The summed E-state index contributed by atoms with van der Waals surface area (Å²) in [5.41, 5.74) is -1.49. The maximum atomic E-state index is 14.8. The topological polar surface area (TPSA) is 158 Å². The van der Waals surface area contributed by atoms with Gasteiger partial charge >= 0.3 is 15.8 Å². The van der Waals surface area contributed by atoms with Gasteiger partial charge in [0, 0.05) is 20.8 Å². The van der Waals surface area contributed by atoms with E-state index in [0.29, 0.717) is 31.9 Å². The highest BCUT2D eigenvalue weighted by atomic mass is 32.3. The van der Waals surface area contributed by atoms with Gasteiger partial charge in [-0.25, -0.2) is 8.42 Å². The minimum atomic E-state index is -5.15. The van der Waals surface area contributed by atoms with Crippen molar-refractivity contribution in [2.24, 2.45) is 0 Å². The maximum Gasteiger partial charge on any atom is 0.362 e. The van der Waals surface area contributed by atoms with E-state index in [2.05, 4.69) is 0 Å². The lowest BCUT2D eigenvalue weighted by Gasteiger charge is -2.35. The molecular formula is C43H49NO11S3. The molecule has 0 aliphatic heterocycles. The van der Waals surface area contributed by atoms with Crippen LogP contribution in [0.3, 0.4) is 0 Å². The lowest BCUT2D eigenvalue weighted by atomic mass is 10.2. The van der Waals surface area contributed by atoms with Crippen LogP contribution in [0.15, 0.2) is 140 Å². The van der Waals surface area contributed by atoms with Crippen molar-refractivity contribution in [1.29, 1.82) is 0 Å². The van der Waals surface area contributed by atoms with Gasteiger partial charge in [-0.1, -0.05) is 17.7 Å². The van der Waals surface area contributed by atoms with E-state index in [4.69, 9.17) is 22.7 Å². The molecule has 0 bridgehead atoms. The SMILES string of the molecule is Cc1ccc(S(=O)(=O)Oc2ccc(S(=O)(=O)[O-])cc2[N+](=O)OS(c2ccc(OC(C)(C)C)cc2)(c2ccc(OC(C)(C)C)cc2)c2ccc(OC(C)(C)C)cc2)cc1. The highest BCUT2D eigenvalue weighted by molar-refractivity contribution is 8.29. The van der Waals surface area contributed by atoms with E-state index in [-0.39, 0.29) is 9.82 Å². The summed E-state index contributed by atoms with van der Waals surface area (Å²) < 4.78 is 94.3. The van der Waals surface area contributed by atoms with Gasteiger partial charge in [0.2, 0.25) is 5.75 Å². The second-order valence-electron chi connectivity index (χ2n) is 16.4. The van der Waals surface area contributed by atoms with E-state index < -0.39 is 63.7 Å². The predicted molar refractivity (Wildman–Crippen MR) is 221 cm³/mol. The van der Waals surface area contributed by atoms with Crippen molar-refractivity contribution in [1.82, 2.24) is 0 Å². The Bertz CT molecular complexity index is 2320. The number of benzene rings is 5. The van der Waals surface area contributed by atoms with Crippen molar-refractivity contribution >= 4 is 36.2 Å². The van der Waals surface area contributed by atoms with E-state index in [1.165, 1.54) is 12.1 Å². The van der Waals surface area contributed by atoms with Crippen molar-refractivity contribution in [2.45, 2.75) is 111 Å². The zero-order valence-corrected chi connectivity index (χ0v) is 36.6. The monoisotopic (exact) mass is 851 g/mol. The third-order valence-electron chi connectivity index (χ3n) is 7.84. The smallest absolute Gasteiger partial charge is 0.362 e. The largest absolute Gasteiger partial charge is 0.744 e. The Morgan fingerprint density at radius 3 is 1.19 bits per heavy atom. The first-order valence-electron chi connectivity index (χ1n) is 18.2. The Hall–Kier alpha value is -5.09. The minimum absolute atomic E-state index is 0.0112. The Morgan fingerprint density at radius 1 is 0.500 bits per heavy atom. The second kappa shape index (κ2) is 16.3. The summed E-state index contributed by atoms with van der Waals surface area (Å²) in [6.45, 7) is 19.0. The molecule has 0 amide bonds. The van der Waals surface area contributed by atoms with Gasteiger partial charge in [-0.15, -0.1) is 0 Å². The molecule has 0 atom stereocenters. The summed E-state index contributed by atoms with van der Waals surface area (Å²) in [6.07, 6.45) is 0. The van der Waals surface area contributed by atoms with Gasteiger partial charge in [0.05, 0.1) is 20.1 Å². The van der Waals surface area contributed by atoms with Crippen LogP contribution >= 0.6 is 10.3 Å². The molecule has 5 aromatic carbocycles. The molecule has 0 aliphatic carbocycles. The van der Waals surface area contributed by atoms with Crippen LogP contribution in [-0.2, 0) is 24.5 Å². The van der Waals surface area contributed by atoms with Crippen LogP contribution in [0, 0.1) is 11.8 Å². The average Bonchev–Trinajstić information content (AvgIpc) is 3.09. The minimum Gasteiger partial charge on any atom is -0.744 e. The molecule has 0 aliphatic rings. The molecule has 0 unspecified atom stereocenters. The van der Waals surface area contributed by atoms with Crippen molar-refractivity contribution in [3.05, 3.63) is 126 Å². The van der Waals surface area contributed by atoms with Crippen LogP contribution in [0.1, 0.15) is 67.9 Å². The van der Waals surface area contributed by atoms with Crippen molar-refractivity contribution in [3.8, 4) is 23.0 Å². The van der Waals surface area contributed by atoms with Crippen LogP contribution in [0.25, 0.3) is 0 Å². The first-order valence-corrected chi connectivity index (χ1v) is 22.6. The number of ether oxygens (including phenoxy) is 3. The molecule has 310 valence electrons. The fourth-order valence-corrected chi connectivity index (χ4v) is 9.92. The zero-order valence-electron chi connectivity index (χ0n) is 34.1. The molecule has 15 heteroatoms. The predicted octanol–water partition coefficient (Wildman–Crippen LogP) is 10.4. The molecule has 58 heavy (non-hydrogen) atoms. The first-order chi connectivity index (χ1) is 26.7. The summed E-state index contributed by atoms with van der Waals surface area (Å²) in [7, 11) is -12.9. The Labute approximate surface area is 343 Å². The summed E-state index contributed by atoms with van der Waals surface area (Å²) in [5.74, 6) is 1.03. The third-order valence-corrected chi connectivity index (χ3v) is 13.1. The van der Waals surface area contributed by atoms with Gasteiger partial charge in [0.1, 0.15) is 49.1 Å². The molecule has 5 aromatic rings. The molecule has 0 saturated heterocycles. The number of aryl methyl sites for hydroxylation is 1. The van der Waals surface area contributed by atoms with Crippen molar-refractivity contribution < 1.29 is 49.0 Å². The Morgan fingerprint density at radius 2 is 0.845 bits per heavy atom. The van der Waals surface area contributed by atoms with E-state index >= 15 is 0 Å². The second-order valence-corrected chi connectivity index (χ2v) is 22.0. The average molecular weight is 852 g/mol. The maximum absolute atomic E-state index is 14.8. The quantitative estimate of drug-likeness (QED) is 0.0631. The van der Waals surface area contributed by atoms with Crippen LogP contribution < -0.4 is 18.4 Å². The van der Waals surface area contributed by atoms with Gasteiger partial charge < -0.3 is 22.9 Å². The van der Waals surface area contributed by atoms with E-state index in [1.54, 1.807) is 91.9 Å². The molecule has 12 nitrogen and oxygen atoms in total. The third kappa shape index (κ3) is 11.1. The fraction of sp³-hybridized carbons (Fsp3) is 0.302. The molecule has 0 spiro atoms. The molecule has 0 aromatic heterocycles. The molecular weight excluding hydrogens is 803 g/mol. The number of hydrogen-bond donors (Lipinski definition) is 0. The normalized spacial score (nSPS) is 13.0. The van der Waals surface area contributed by atoms with Gasteiger partial charge in [-0.3, -0.25) is 0 Å². The van der Waals surface area contributed by atoms with Crippen molar-refractivity contribution in [2.75, 3.05) is 0 Å². The molecule has 5 rings (SSSR count). The van der Waals surface area contributed by atoms with Crippen LogP contribution in [0.4, 0.5) is 5.69 Å². The number of hydrogen-bond acceptors (Lipinski definition) is 11. The van der Waals surface area contributed by atoms with Crippen LogP contribution in [0.2, 0.25) is 0 Å². The van der Waals surface area contributed by atoms with E-state index in [9.17, 15) is 26.3 Å². The lowest BCUT2D eigenvalue weighted by Crippen LogP contribution is -2.23. The van der Waals surface area contributed by atoms with Gasteiger partial charge in [0.25, 0.3) is 4.92 Å². The molecule has 0 radical (unpaired) electrons. The summed E-state index contributed by atoms with van der Waals surface area (Å²) in [5, 5.41) is 0. The standard InChI is InChI=1S/C43H49NO11S3/c1-30-11-19-37(20-12-30)58(49,50)54-40-28-27-38(57(46,47)48)29-39(40)44(45)55-56(34-21-13-31(14-22-34)51-41(2,3)4,35-23-15-32(16-24-35)52-42(5,6)7)36-25-17-33(18-26-36)53-43(8,9)10/h11-29H,1-10H3. The fourth-order valence-electron chi connectivity index (χ4n) is 5.57.